The maximum absolute atomic E-state index is 2.35. The highest BCUT2D eigenvalue weighted by atomic mass is 15.1. The van der Waals surface area contributed by atoms with Gasteiger partial charge in [0.25, 0.3) is 0 Å². The van der Waals surface area contributed by atoms with Gasteiger partial charge in [0.2, 0.25) is 0 Å². The topological polar surface area (TPSA) is 3.24 Å². The van der Waals surface area contributed by atoms with Gasteiger partial charge in [0.05, 0.1) is 0 Å². The summed E-state index contributed by atoms with van der Waals surface area (Å²) >= 11 is 0. The summed E-state index contributed by atoms with van der Waals surface area (Å²) in [5, 5.41) is 0. The molecule has 14 heavy (non-hydrogen) atoms. The van der Waals surface area contributed by atoms with Crippen LogP contribution in [0.15, 0.2) is 23.4 Å². The fourth-order valence-corrected chi connectivity index (χ4v) is 2.04. The van der Waals surface area contributed by atoms with Crippen LogP contribution in [0.25, 0.3) is 0 Å². The first-order valence-corrected chi connectivity index (χ1v) is 5.72. The molecule has 1 nitrogen and oxygen atoms in total. The summed E-state index contributed by atoms with van der Waals surface area (Å²) in [6.07, 6.45) is 9.71. The van der Waals surface area contributed by atoms with Crippen molar-refractivity contribution in [1.29, 1.82) is 0 Å². The van der Waals surface area contributed by atoms with E-state index in [1.807, 2.05) is 0 Å². The molecule has 0 aromatic carbocycles. The number of nitrogens with zero attached hydrogens (tertiary/aromatic N) is 1. The summed E-state index contributed by atoms with van der Waals surface area (Å²) < 4.78 is 0. The van der Waals surface area contributed by atoms with Gasteiger partial charge in [0.15, 0.2) is 0 Å². The van der Waals surface area contributed by atoms with Gasteiger partial charge in [0.1, 0.15) is 0 Å². The second-order valence-electron chi connectivity index (χ2n) is 4.48. The zero-order valence-corrected chi connectivity index (χ0v) is 10.0. The molecule has 1 rings (SSSR count). The van der Waals surface area contributed by atoms with E-state index in [1.165, 1.54) is 31.4 Å². The van der Waals surface area contributed by atoms with E-state index < -0.39 is 0 Å². The molecule has 0 saturated carbocycles. The van der Waals surface area contributed by atoms with Gasteiger partial charge in [-0.15, -0.1) is 0 Å². The van der Waals surface area contributed by atoms with Crippen LogP contribution in [0.4, 0.5) is 0 Å². The van der Waals surface area contributed by atoms with E-state index in [0.717, 1.165) is 5.92 Å². The van der Waals surface area contributed by atoms with Crippen LogP contribution in [-0.4, -0.2) is 19.0 Å². The van der Waals surface area contributed by atoms with Gasteiger partial charge in [-0.05, 0) is 31.3 Å². The maximum Gasteiger partial charge on any atom is 0.0131 e. The Morgan fingerprint density at radius 2 is 2.00 bits per heavy atom. The van der Waals surface area contributed by atoms with Gasteiger partial charge in [-0.25, -0.2) is 0 Å². The van der Waals surface area contributed by atoms with Crippen LogP contribution in [-0.2, 0) is 0 Å². The Morgan fingerprint density at radius 1 is 1.29 bits per heavy atom. The van der Waals surface area contributed by atoms with Crippen LogP contribution >= 0.6 is 0 Å². The van der Waals surface area contributed by atoms with Crippen LogP contribution in [0, 0.1) is 5.92 Å². The zero-order valence-electron chi connectivity index (χ0n) is 10.0. The van der Waals surface area contributed by atoms with Crippen molar-refractivity contribution in [2.45, 2.75) is 39.5 Å². The van der Waals surface area contributed by atoms with Gasteiger partial charge >= 0.3 is 0 Å². The molecule has 0 amide bonds. The Labute approximate surface area is 88.5 Å². The summed E-state index contributed by atoms with van der Waals surface area (Å²) in [6, 6.07) is 0. The molecule has 0 aromatic heterocycles. The number of hydrogen-bond donors (Lipinski definition) is 0. The highest BCUT2D eigenvalue weighted by Crippen LogP contribution is 2.27. The number of allylic oxidation sites excluding steroid dienone is 4. The van der Waals surface area contributed by atoms with Crippen molar-refractivity contribution < 1.29 is 0 Å². The quantitative estimate of drug-likeness (QED) is 0.659. The SMILES string of the molecule is CCCC(C)C1=CC=C(N(C)C)CC1. The fraction of sp³-hybridized carbons (Fsp3) is 0.692. The Bertz CT molecular complexity index is 236. The normalized spacial score (nSPS) is 18.6. The minimum absolute atomic E-state index is 0.778. The third-order valence-electron chi connectivity index (χ3n) is 3.09. The first-order valence-electron chi connectivity index (χ1n) is 5.72. The van der Waals surface area contributed by atoms with Crippen molar-refractivity contribution in [1.82, 2.24) is 4.90 Å². The minimum Gasteiger partial charge on any atom is -0.381 e. The molecule has 1 atom stereocenters. The van der Waals surface area contributed by atoms with Crippen molar-refractivity contribution in [3.63, 3.8) is 0 Å². The molecule has 1 aliphatic rings. The number of hydrogen-bond acceptors (Lipinski definition) is 1. The second kappa shape index (κ2) is 5.23. The van der Waals surface area contributed by atoms with Crippen molar-refractivity contribution >= 4 is 0 Å². The monoisotopic (exact) mass is 193 g/mol. The lowest BCUT2D eigenvalue weighted by atomic mass is 9.89. The van der Waals surface area contributed by atoms with Crippen molar-refractivity contribution in [2.24, 2.45) is 5.92 Å². The van der Waals surface area contributed by atoms with E-state index in [9.17, 15) is 0 Å². The third kappa shape index (κ3) is 2.90. The standard InChI is InChI=1S/C13H23N/c1-5-6-11(2)12-7-9-13(10-8-12)14(3)4/h7,9,11H,5-6,8,10H2,1-4H3. The van der Waals surface area contributed by atoms with Crippen molar-refractivity contribution in [3.05, 3.63) is 23.4 Å². The number of rotatable bonds is 4. The Balaban J connectivity index is 2.59. The molecular formula is C13H23N. The molecule has 0 saturated heterocycles. The van der Waals surface area contributed by atoms with E-state index in [1.54, 1.807) is 5.57 Å². The second-order valence-corrected chi connectivity index (χ2v) is 4.48. The third-order valence-corrected chi connectivity index (χ3v) is 3.09. The summed E-state index contributed by atoms with van der Waals surface area (Å²) in [4.78, 5) is 2.22. The van der Waals surface area contributed by atoms with Crippen LogP contribution < -0.4 is 0 Å². The molecular weight excluding hydrogens is 170 g/mol. The Morgan fingerprint density at radius 3 is 2.43 bits per heavy atom. The summed E-state index contributed by atoms with van der Waals surface area (Å²) in [5.74, 6) is 0.778. The molecule has 1 heteroatoms. The maximum atomic E-state index is 2.35. The zero-order chi connectivity index (χ0) is 10.6. The Kier molecular flexibility index (Phi) is 4.24. The van der Waals surface area contributed by atoms with Gasteiger partial charge in [-0.1, -0.05) is 31.9 Å². The molecule has 0 fully saturated rings. The van der Waals surface area contributed by atoms with E-state index in [2.05, 4.69) is 45.0 Å². The molecule has 1 aliphatic carbocycles. The predicted molar refractivity (Wildman–Crippen MR) is 63.2 cm³/mol. The summed E-state index contributed by atoms with van der Waals surface area (Å²) in [5.41, 5.74) is 3.09. The molecule has 0 N–H and O–H groups in total. The summed E-state index contributed by atoms with van der Waals surface area (Å²) in [6.45, 7) is 4.62. The van der Waals surface area contributed by atoms with Crippen LogP contribution in [0.3, 0.4) is 0 Å². The van der Waals surface area contributed by atoms with E-state index in [4.69, 9.17) is 0 Å². The van der Waals surface area contributed by atoms with Gasteiger partial charge in [0, 0.05) is 19.8 Å². The van der Waals surface area contributed by atoms with Crippen LogP contribution in [0.2, 0.25) is 0 Å². The minimum atomic E-state index is 0.778. The lowest BCUT2D eigenvalue weighted by Crippen LogP contribution is -2.14. The Hall–Kier alpha value is -0.720. The molecule has 80 valence electrons. The van der Waals surface area contributed by atoms with E-state index in [0.29, 0.717) is 0 Å². The molecule has 0 spiro atoms. The van der Waals surface area contributed by atoms with Crippen molar-refractivity contribution in [2.75, 3.05) is 14.1 Å². The van der Waals surface area contributed by atoms with Crippen molar-refractivity contribution in [3.8, 4) is 0 Å². The van der Waals surface area contributed by atoms with Gasteiger partial charge < -0.3 is 4.90 Å². The summed E-state index contributed by atoms with van der Waals surface area (Å²) in [7, 11) is 4.25. The molecule has 0 aromatic rings. The van der Waals surface area contributed by atoms with Crippen LogP contribution in [0.1, 0.15) is 39.5 Å². The van der Waals surface area contributed by atoms with Gasteiger partial charge in [-0.2, -0.15) is 0 Å². The lowest BCUT2D eigenvalue weighted by molar-refractivity contribution is 0.473. The lowest BCUT2D eigenvalue weighted by Gasteiger charge is -2.23. The molecule has 0 radical (unpaired) electrons. The largest absolute Gasteiger partial charge is 0.381 e. The van der Waals surface area contributed by atoms with Gasteiger partial charge in [-0.3, -0.25) is 0 Å². The fourth-order valence-electron chi connectivity index (χ4n) is 2.04. The van der Waals surface area contributed by atoms with E-state index >= 15 is 0 Å². The first-order chi connectivity index (χ1) is 6.65. The highest BCUT2D eigenvalue weighted by molar-refractivity contribution is 5.24. The highest BCUT2D eigenvalue weighted by Gasteiger charge is 2.12. The molecule has 0 aliphatic heterocycles. The average molecular weight is 193 g/mol. The first kappa shape index (κ1) is 11.4. The van der Waals surface area contributed by atoms with E-state index in [-0.39, 0.29) is 0 Å². The molecule has 0 bridgehead atoms. The predicted octanol–water partition coefficient (Wildman–Crippen LogP) is 3.59. The average Bonchev–Trinajstić information content (AvgIpc) is 2.18. The smallest absolute Gasteiger partial charge is 0.0131 e. The molecule has 0 heterocycles. The van der Waals surface area contributed by atoms with Crippen LogP contribution in [0.5, 0.6) is 0 Å². The molecule has 1 unspecified atom stereocenters.